The molecule has 0 amide bonds. The third-order valence-electron chi connectivity index (χ3n) is 4.76. The fourth-order valence-electron chi connectivity index (χ4n) is 3.60. The molecule has 4 heteroatoms. The van der Waals surface area contributed by atoms with E-state index in [1.165, 1.54) is 24.0 Å². The SMILES string of the molecule is c1ccc2c(c1)CC(c1noc(CC3CCCNC3)n1)C2. The molecule has 0 spiro atoms. The molecule has 4 nitrogen and oxygen atoms in total. The Labute approximate surface area is 124 Å². The van der Waals surface area contributed by atoms with Crippen molar-refractivity contribution in [2.75, 3.05) is 13.1 Å². The van der Waals surface area contributed by atoms with Gasteiger partial charge in [0.15, 0.2) is 5.82 Å². The maximum absolute atomic E-state index is 5.49. The van der Waals surface area contributed by atoms with Crippen LogP contribution in [0.3, 0.4) is 0 Å². The van der Waals surface area contributed by atoms with Crippen molar-refractivity contribution in [2.45, 2.75) is 38.0 Å². The average Bonchev–Trinajstić information content (AvgIpc) is 3.14. The van der Waals surface area contributed by atoms with E-state index >= 15 is 0 Å². The first-order valence-corrected chi connectivity index (χ1v) is 7.98. The van der Waals surface area contributed by atoms with Gasteiger partial charge in [-0.05, 0) is 55.8 Å². The highest BCUT2D eigenvalue weighted by Crippen LogP contribution is 2.32. The van der Waals surface area contributed by atoms with E-state index in [-0.39, 0.29) is 0 Å². The number of nitrogens with one attached hydrogen (secondary N) is 1. The third kappa shape index (κ3) is 2.72. The monoisotopic (exact) mass is 283 g/mol. The molecule has 2 aromatic rings. The number of nitrogens with zero attached hydrogens (tertiary/aromatic N) is 2. The van der Waals surface area contributed by atoms with Crippen LogP contribution in [0.15, 0.2) is 28.8 Å². The topological polar surface area (TPSA) is 51.0 Å². The number of piperidine rings is 1. The van der Waals surface area contributed by atoms with E-state index in [1.54, 1.807) is 0 Å². The molecular weight excluding hydrogens is 262 g/mol. The minimum Gasteiger partial charge on any atom is -0.339 e. The summed E-state index contributed by atoms with van der Waals surface area (Å²) < 4.78 is 5.49. The van der Waals surface area contributed by atoms with Gasteiger partial charge in [-0.15, -0.1) is 0 Å². The molecule has 1 aliphatic heterocycles. The summed E-state index contributed by atoms with van der Waals surface area (Å²) in [6.07, 6.45) is 5.52. The lowest BCUT2D eigenvalue weighted by Gasteiger charge is -2.20. The summed E-state index contributed by atoms with van der Waals surface area (Å²) in [4.78, 5) is 4.66. The Balaban J connectivity index is 1.43. The molecule has 1 atom stereocenters. The van der Waals surface area contributed by atoms with Crippen LogP contribution in [0.1, 0.15) is 41.6 Å². The van der Waals surface area contributed by atoms with Crippen molar-refractivity contribution < 1.29 is 4.52 Å². The molecule has 0 radical (unpaired) electrons. The van der Waals surface area contributed by atoms with Crippen LogP contribution in [-0.4, -0.2) is 23.2 Å². The van der Waals surface area contributed by atoms with Crippen molar-refractivity contribution >= 4 is 0 Å². The lowest BCUT2D eigenvalue weighted by molar-refractivity contribution is 0.313. The Hall–Kier alpha value is -1.68. The highest BCUT2D eigenvalue weighted by Gasteiger charge is 2.27. The van der Waals surface area contributed by atoms with E-state index in [0.717, 1.165) is 44.1 Å². The molecule has 1 aromatic carbocycles. The second kappa shape index (κ2) is 5.60. The number of benzene rings is 1. The summed E-state index contributed by atoms with van der Waals surface area (Å²) in [7, 11) is 0. The predicted molar refractivity (Wildman–Crippen MR) is 80.2 cm³/mol. The lowest BCUT2D eigenvalue weighted by Crippen LogP contribution is -2.30. The van der Waals surface area contributed by atoms with Crippen LogP contribution in [0.5, 0.6) is 0 Å². The Morgan fingerprint density at radius 3 is 2.71 bits per heavy atom. The van der Waals surface area contributed by atoms with Gasteiger partial charge in [0.2, 0.25) is 5.89 Å². The molecule has 0 bridgehead atoms. The number of hydrogen-bond donors (Lipinski definition) is 1. The zero-order valence-electron chi connectivity index (χ0n) is 12.2. The maximum Gasteiger partial charge on any atom is 0.226 e. The summed E-state index contributed by atoms with van der Waals surface area (Å²) in [6, 6.07) is 8.64. The summed E-state index contributed by atoms with van der Waals surface area (Å²) in [5.41, 5.74) is 2.87. The first kappa shape index (κ1) is 13.0. The van der Waals surface area contributed by atoms with E-state index in [2.05, 4.69) is 39.7 Å². The normalized spacial score (nSPS) is 22.4. The van der Waals surface area contributed by atoms with Crippen molar-refractivity contribution in [3.63, 3.8) is 0 Å². The van der Waals surface area contributed by atoms with Gasteiger partial charge in [0, 0.05) is 12.3 Å². The molecule has 1 unspecified atom stereocenters. The van der Waals surface area contributed by atoms with E-state index in [9.17, 15) is 0 Å². The van der Waals surface area contributed by atoms with Crippen LogP contribution in [0.2, 0.25) is 0 Å². The van der Waals surface area contributed by atoms with E-state index < -0.39 is 0 Å². The van der Waals surface area contributed by atoms with E-state index in [0.29, 0.717) is 11.8 Å². The van der Waals surface area contributed by atoms with Gasteiger partial charge in [-0.25, -0.2) is 0 Å². The number of hydrogen-bond acceptors (Lipinski definition) is 4. The fraction of sp³-hybridized carbons (Fsp3) is 0.529. The van der Waals surface area contributed by atoms with Crippen LogP contribution in [0, 0.1) is 5.92 Å². The molecule has 0 saturated carbocycles. The molecule has 2 heterocycles. The van der Waals surface area contributed by atoms with Gasteiger partial charge in [0.25, 0.3) is 0 Å². The van der Waals surface area contributed by atoms with Crippen molar-refractivity contribution in [3.8, 4) is 0 Å². The highest BCUT2D eigenvalue weighted by atomic mass is 16.5. The maximum atomic E-state index is 5.49. The summed E-state index contributed by atoms with van der Waals surface area (Å²) in [5.74, 6) is 2.75. The van der Waals surface area contributed by atoms with Crippen LogP contribution in [0.25, 0.3) is 0 Å². The Morgan fingerprint density at radius 1 is 1.19 bits per heavy atom. The van der Waals surface area contributed by atoms with Gasteiger partial charge in [0.05, 0.1) is 0 Å². The van der Waals surface area contributed by atoms with Crippen LogP contribution >= 0.6 is 0 Å². The molecule has 1 saturated heterocycles. The van der Waals surface area contributed by atoms with Gasteiger partial charge in [-0.3, -0.25) is 0 Å². The van der Waals surface area contributed by atoms with E-state index in [1.807, 2.05) is 0 Å². The molecule has 2 aliphatic rings. The van der Waals surface area contributed by atoms with Crippen molar-refractivity contribution in [2.24, 2.45) is 5.92 Å². The third-order valence-corrected chi connectivity index (χ3v) is 4.76. The molecule has 1 aliphatic carbocycles. The lowest BCUT2D eigenvalue weighted by atomic mass is 9.96. The largest absolute Gasteiger partial charge is 0.339 e. The molecular formula is C17H21N3O. The average molecular weight is 283 g/mol. The number of aromatic nitrogens is 2. The zero-order valence-corrected chi connectivity index (χ0v) is 12.2. The van der Waals surface area contributed by atoms with Crippen LogP contribution < -0.4 is 5.32 Å². The quantitative estimate of drug-likeness (QED) is 0.940. The second-order valence-corrected chi connectivity index (χ2v) is 6.34. The minimum atomic E-state index is 0.393. The van der Waals surface area contributed by atoms with E-state index in [4.69, 9.17) is 4.52 Å². The van der Waals surface area contributed by atoms with Crippen LogP contribution in [-0.2, 0) is 19.3 Å². The summed E-state index contributed by atoms with van der Waals surface area (Å²) in [5, 5.41) is 7.68. The summed E-state index contributed by atoms with van der Waals surface area (Å²) >= 11 is 0. The standard InChI is InChI=1S/C17H21N3O/c1-2-6-14-10-15(9-13(14)5-1)17-19-16(21-20-17)8-12-4-3-7-18-11-12/h1-2,5-6,12,15,18H,3-4,7-11H2. The molecule has 1 aromatic heterocycles. The Kier molecular flexibility index (Phi) is 3.47. The minimum absolute atomic E-state index is 0.393. The first-order valence-electron chi connectivity index (χ1n) is 7.98. The van der Waals surface area contributed by atoms with Gasteiger partial charge in [-0.2, -0.15) is 4.98 Å². The second-order valence-electron chi connectivity index (χ2n) is 6.34. The zero-order chi connectivity index (χ0) is 14.1. The Morgan fingerprint density at radius 2 is 2.00 bits per heavy atom. The Bertz CT molecular complexity index is 591. The highest BCUT2D eigenvalue weighted by molar-refractivity contribution is 5.34. The fourth-order valence-corrected chi connectivity index (χ4v) is 3.60. The van der Waals surface area contributed by atoms with Gasteiger partial charge < -0.3 is 9.84 Å². The number of fused-ring (bicyclic) bond motifs is 1. The van der Waals surface area contributed by atoms with Crippen molar-refractivity contribution in [1.82, 2.24) is 15.5 Å². The van der Waals surface area contributed by atoms with Crippen LogP contribution in [0.4, 0.5) is 0 Å². The smallest absolute Gasteiger partial charge is 0.226 e. The van der Waals surface area contributed by atoms with Crippen molar-refractivity contribution in [1.29, 1.82) is 0 Å². The van der Waals surface area contributed by atoms with Gasteiger partial charge in [0.1, 0.15) is 0 Å². The number of rotatable bonds is 3. The molecule has 4 rings (SSSR count). The van der Waals surface area contributed by atoms with Gasteiger partial charge in [-0.1, -0.05) is 29.4 Å². The predicted octanol–water partition coefficient (Wildman–Crippen LogP) is 2.49. The molecule has 1 fully saturated rings. The molecule has 1 N–H and O–H groups in total. The van der Waals surface area contributed by atoms with Gasteiger partial charge >= 0.3 is 0 Å². The molecule has 110 valence electrons. The molecule has 21 heavy (non-hydrogen) atoms. The first-order chi connectivity index (χ1) is 10.4. The van der Waals surface area contributed by atoms with Crippen molar-refractivity contribution in [3.05, 3.63) is 47.1 Å². The summed E-state index contributed by atoms with van der Waals surface area (Å²) in [6.45, 7) is 2.22.